The Morgan fingerprint density at radius 3 is 0.710 bits per heavy atom. The van der Waals surface area contributed by atoms with Gasteiger partial charge >= 0.3 is 39.5 Å². The average Bonchev–Trinajstić information content (AvgIpc) is 1.11. The molecule has 0 heterocycles. The predicted octanol–water partition coefficient (Wildman–Crippen LogP) is 24.0. The molecule has 17 nitrogen and oxygen atoms in total. The molecule has 100 heavy (non-hydrogen) atoms. The van der Waals surface area contributed by atoms with E-state index >= 15 is 0 Å². The molecule has 0 aliphatic rings. The molecule has 0 aliphatic heterocycles. The number of carbonyl (C=O) groups excluding carboxylic acids is 4. The first-order chi connectivity index (χ1) is 48.2. The van der Waals surface area contributed by atoms with E-state index in [2.05, 4.69) is 55.4 Å². The van der Waals surface area contributed by atoms with Crippen molar-refractivity contribution in [2.75, 3.05) is 39.6 Å². The van der Waals surface area contributed by atoms with Crippen LogP contribution in [0.5, 0.6) is 0 Å². The number of phosphoric acid groups is 2. The van der Waals surface area contributed by atoms with Gasteiger partial charge in [0.25, 0.3) is 0 Å². The molecule has 0 rings (SSSR count). The van der Waals surface area contributed by atoms with Crippen LogP contribution in [0.15, 0.2) is 0 Å². The first-order valence-electron chi connectivity index (χ1n) is 41.8. The summed E-state index contributed by atoms with van der Waals surface area (Å²) < 4.78 is 68.7. The van der Waals surface area contributed by atoms with Crippen LogP contribution in [0.3, 0.4) is 0 Å². The number of aliphatic hydroxyl groups is 1. The van der Waals surface area contributed by atoms with Crippen molar-refractivity contribution < 1.29 is 80.2 Å². The fourth-order valence-corrected chi connectivity index (χ4v) is 13.9. The Morgan fingerprint density at radius 2 is 0.480 bits per heavy atom. The van der Waals surface area contributed by atoms with E-state index in [1.54, 1.807) is 0 Å². The highest BCUT2D eigenvalue weighted by Gasteiger charge is 2.30. The van der Waals surface area contributed by atoms with Gasteiger partial charge in [0.05, 0.1) is 26.4 Å². The van der Waals surface area contributed by atoms with E-state index in [0.29, 0.717) is 31.6 Å². The first-order valence-corrected chi connectivity index (χ1v) is 44.8. The van der Waals surface area contributed by atoms with E-state index < -0.39 is 97.5 Å². The summed E-state index contributed by atoms with van der Waals surface area (Å²) in [6.07, 6.45) is 56.8. The molecule has 0 fully saturated rings. The Hall–Kier alpha value is -1.94. The molecule has 19 heteroatoms. The van der Waals surface area contributed by atoms with Gasteiger partial charge in [0.2, 0.25) is 0 Å². The summed E-state index contributed by atoms with van der Waals surface area (Å²) in [6.45, 7) is 14.3. The van der Waals surface area contributed by atoms with Crippen LogP contribution in [0.25, 0.3) is 0 Å². The van der Waals surface area contributed by atoms with Gasteiger partial charge in [-0.1, -0.05) is 364 Å². The van der Waals surface area contributed by atoms with Gasteiger partial charge in [-0.15, -0.1) is 0 Å². The molecule has 6 unspecified atom stereocenters. The normalized spacial score (nSPS) is 14.8. The summed E-state index contributed by atoms with van der Waals surface area (Å²) in [7, 11) is -9.92. The average molecular weight is 1470 g/mol. The quantitative estimate of drug-likeness (QED) is 0.0222. The van der Waals surface area contributed by atoms with Crippen LogP contribution in [-0.2, 0) is 65.4 Å². The van der Waals surface area contributed by atoms with Crippen molar-refractivity contribution in [3.05, 3.63) is 0 Å². The van der Waals surface area contributed by atoms with Gasteiger partial charge in [-0.3, -0.25) is 37.3 Å². The van der Waals surface area contributed by atoms with Crippen LogP contribution in [0.1, 0.15) is 415 Å². The van der Waals surface area contributed by atoms with E-state index in [4.69, 9.17) is 37.0 Å². The third kappa shape index (κ3) is 70.4. The van der Waals surface area contributed by atoms with Crippen molar-refractivity contribution >= 4 is 39.5 Å². The zero-order chi connectivity index (χ0) is 73.8. The summed E-state index contributed by atoms with van der Waals surface area (Å²) in [5, 5.41) is 10.6. The van der Waals surface area contributed by atoms with Crippen molar-refractivity contribution in [1.29, 1.82) is 0 Å². The molecular weight excluding hydrogens is 1310 g/mol. The van der Waals surface area contributed by atoms with Gasteiger partial charge in [-0.05, 0) is 49.4 Å². The number of unbranched alkanes of at least 4 members (excludes halogenated alkanes) is 41. The highest BCUT2D eigenvalue weighted by molar-refractivity contribution is 7.47. The van der Waals surface area contributed by atoms with Crippen molar-refractivity contribution in [3.63, 3.8) is 0 Å². The lowest BCUT2D eigenvalue weighted by Crippen LogP contribution is -2.30. The van der Waals surface area contributed by atoms with Crippen molar-refractivity contribution in [1.82, 2.24) is 0 Å². The SMILES string of the molecule is CCC(C)CCCCCCCCCCCCCCCCCCCCC(=O)O[C@H](COC(=O)CCCCCCCCCC(C)C)COP(=O)(O)OCC(O)COP(=O)(O)OC[C@@H](COC(=O)CCCCCCCCCCCCC(C)CC)OC(=O)CCCCCCCCCCCCC(C)CC. The fraction of sp³-hybridized carbons (Fsp3) is 0.951. The maximum absolute atomic E-state index is 13.1. The van der Waals surface area contributed by atoms with Gasteiger partial charge in [0.15, 0.2) is 12.2 Å². The summed E-state index contributed by atoms with van der Waals surface area (Å²) >= 11 is 0. The molecule has 0 saturated carbocycles. The molecule has 594 valence electrons. The number of carbonyl (C=O) groups is 4. The van der Waals surface area contributed by atoms with Crippen LogP contribution >= 0.6 is 15.6 Å². The van der Waals surface area contributed by atoms with Gasteiger partial charge in [0.1, 0.15) is 19.3 Å². The number of esters is 4. The van der Waals surface area contributed by atoms with E-state index in [1.165, 1.54) is 212 Å². The van der Waals surface area contributed by atoms with E-state index in [-0.39, 0.29) is 25.7 Å². The molecule has 0 amide bonds. The zero-order valence-electron chi connectivity index (χ0n) is 65.8. The second-order valence-electron chi connectivity index (χ2n) is 30.4. The largest absolute Gasteiger partial charge is 0.472 e. The minimum absolute atomic E-state index is 0.106. The Labute approximate surface area is 613 Å². The molecule has 0 radical (unpaired) electrons. The topological polar surface area (TPSA) is 237 Å². The third-order valence-electron chi connectivity index (χ3n) is 19.9. The Morgan fingerprint density at radius 1 is 0.280 bits per heavy atom. The van der Waals surface area contributed by atoms with Crippen LogP contribution in [0, 0.1) is 23.7 Å². The summed E-state index contributed by atoms with van der Waals surface area (Å²) in [4.78, 5) is 73.0. The number of ether oxygens (including phenoxy) is 4. The van der Waals surface area contributed by atoms with Gasteiger partial charge < -0.3 is 33.8 Å². The van der Waals surface area contributed by atoms with Gasteiger partial charge in [-0.2, -0.15) is 0 Å². The Bertz CT molecular complexity index is 1960. The van der Waals surface area contributed by atoms with Crippen molar-refractivity contribution in [3.8, 4) is 0 Å². The molecule has 0 aromatic rings. The van der Waals surface area contributed by atoms with Gasteiger partial charge in [-0.25, -0.2) is 9.13 Å². The monoisotopic (exact) mass is 1470 g/mol. The molecule has 3 N–H and O–H groups in total. The lowest BCUT2D eigenvalue weighted by Gasteiger charge is -2.21. The van der Waals surface area contributed by atoms with Crippen LogP contribution in [0.4, 0.5) is 0 Å². The van der Waals surface area contributed by atoms with Crippen LogP contribution in [0.2, 0.25) is 0 Å². The lowest BCUT2D eigenvalue weighted by molar-refractivity contribution is -0.161. The van der Waals surface area contributed by atoms with E-state index in [9.17, 15) is 43.2 Å². The van der Waals surface area contributed by atoms with Crippen molar-refractivity contribution in [2.24, 2.45) is 23.7 Å². The second kappa shape index (κ2) is 70.1. The Kier molecular flexibility index (Phi) is 68.7. The van der Waals surface area contributed by atoms with Crippen LogP contribution in [-0.4, -0.2) is 96.7 Å². The minimum Gasteiger partial charge on any atom is -0.462 e. The number of hydrogen-bond donors (Lipinski definition) is 3. The molecule has 0 saturated heterocycles. The molecule has 0 aliphatic carbocycles. The van der Waals surface area contributed by atoms with Crippen molar-refractivity contribution in [2.45, 2.75) is 433 Å². The maximum Gasteiger partial charge on any atom is 0.472 e. The summed E-state index contributed by atoms with van der Waals surface area (Å²) in [6, 6.07) is 0. The highest BCUT2D eigenvalue weighted by atomic mass is 31.2. The third-order valence-corrected chi connectivity index (χ3v) is 21.8. The maximum atomic E-state index is 13.1. The summed E-state index contributed by atoms with van der Waals surface area (Å²) in [5.74, 6) is 1.07. The molecule has 8 atom stereocenters. The molecule has 0 spiro atoms. The number of rotatable bonds is 78. The summed E-state index contributed by atoms with van der Waals surface area (Å²) in [5.41, 5.74) is 0. The number of hydrogen-bond acceptors (Lipinski definition) is 15. The smallest absolute Gasteiger partial charge is 0.462 e. The lowest BCUT2D eigenvalue weighted by atomic mass is 9.99. The van der Waals surface area contributed by atoms with Crippen LogP contribution < -0.4 is 0 Å². The molecular formula is C81H158O17P2. The fourth-order valence-electron chi connectivity index (χ4n) is 12.3. The standard InChI is InChI=1S/C81H158O17P2/c1-9-72(6)58-50-42-34-26-20-18-16-14-12-13-15-17-19-21-30-38-47-55-63-80(85)98-77(68-92-79(84)62-54-46-40-32-33-41-49-57-71(4)5)70-96-100(89,90)94-66-75(82)65-93-99(87,88)95-69-76(97-81(86)64-56-48-39-31-25-23-28-36-44-52-60-74(8)11-3)67-91-78(83)61-53-45-37-29-24-22-27-35-43-51-59-73(7)10-2/h71-77,82H,9-70H2,1-8H3,(H,87,88)(H,89,90)/t72?,73?,74?,75?,76-,77-/m1/s1. The van der Waals surface area contributed by atoms with E-state index in [0.717, 1.165) is 114 Å². The van der Waals surface area contributed by atoms with Gasteiger partial charge in [0, 0.05) is 25.7 Å². The minimum atomic E-state index is -4.96. The predicted molar refractivity (Wildman–Crippen MR) is 409 cm³/mol. The second-order valence-corrected chi connectivity index (χ2v) is 33.3. The first kappa shape index (κ1) is 98.1. The Balaban J connectivity index is 5.20. The zero-order valence-corrected chi connectivity index (χ0v) is 67.6. The molecule has 0 aromatic carbocycles. The number of aliphatic hydroxyl groups excluding tert-OH is 1. The van der Waals surface area contributed by atoms with E-state index in [1.807, 2.05) is 0 Å². The molecule has 0 aromatic heterocycles. The molecule has 0 bridgehead atoms. The number of phosphoric ester groups is 2. The highest BCUT2D eigenvalue weighted by Crippen LogP contribution is 2.45.